The van der Waals surface area contributed by atoms with Crippen LogP contribution in [0, 0.1) is 0 Å². The molecule has 1 saturated heterocycles. The maximum Gasteiger partial charge on any atom is 0.0703 e. The van der Waals surface area contributed by atoms with Crippen molar-refractivity contribution in [3.05, 3.63) is 36.0 Å². The molecule has 1 aliphatic heterocycles. The molecule has 0 amide bonds. The van der Waals surface area contributed by atoms with Gasteiger partial charge in [0.05, 0.1) is 5.52 Å². The van der Waals surface area contributed by atoms with Crippen LogP contribution >= 0.6 is 0 Å². The number of aromatic nitrogens is 1. The molecule has 3 rings (SSSR count). The number of nitrogen functional groups attached to an aromatic ring is 1. The van der Waals surface area contributed by atoms with E-state index in [1.165, 1.54) is 5.56 Å². The van der Waals surface area contributed by atoms with Gasteiger partial charge in [0.1, 0.15) is 0 Å². The number of ether oxygens (including phenoxy) is 1. The highest BCUT2D eigenvalue weighted by atomic mass is 16.5. The van der Waals surface area contributed by atoms with Crippen molar-refractivity contribution in [2.24, 2.45) is 0 Å². The summed E-state index contributed by atoms with van der Waals surface area (Å²) in [6, 6.07) is 8.07. The Labute approximate surface area is 101 Å². The molecule has 1 fully saturated rings. The lowest BCUT2D eigenvalue weighted by molar-refractivity contribution is 0.0853. The Bertz CT molecular complexity index is 533. The summed E-state index contributed by atoms with van der Waals surface area (Å²) in [5.74, 6) is 0.585. The van der Waals surface area contributed by atoms with Crippen LogP contribution in [0.5, 0.6) is 0 Å². The van der Waals surface area contributed by atoms with E-state index < -0.39 is 0 Å². The third-order valence-corrected chi connectivity index (χ3v) is 3.42. The number of pyridine rings is 1. The number of nitrogens with zero attached hydrogens (tertiary/aromatic N) is 1. The van der Waals surface area contributed by atoms with Gasteiger partial charge in [0, 0.05) is 30.5 Å². The largest absolute Gasteiger partial charge is 0.399 e. The highest BCUT2D eigenvalue weighted by molar-refractivity contribution is 5.82. The van der Waals surface area contributed by atoms with Crippen molar-refractivity contribution in [1.82, 2.24) is 4.98 Å². The lowest BCUT2D eigenvalue weighted by Crippen LogP contribution is -2.14. The van der Waals surface area contributed by atoms with Crippen LogP contribution in [0.2, 0.25) is 0 Å². The normalized spacial score (nSPS) is 17.4. The first-order valence-corrected chi connectivity index (χ1v) is 6.06. The van der Waals surface area contributed by atoms with Gasteiger partial charge in [0.2, 0.25) is 0 Å². The Morgan fingerprint density at radius 2 is 2.00 bits per heavy atom. The predicted octanol–water partition coefficient (Wildman–Crippen LogP) is 2.71. The van der Waals surface area contributed by atoms with Crippen LogP contribution < -0.4 is 5.73 Å². The van der Waals surface area contributed by atoms with E-state index in [1.807, 2.05) is 24.4 Å². The smallest absolute Gasteiger partial charge is 0.0703 e. The average Bonchev–Trinajstić information content (AvgIpc) is 2.39. The third-order valence-electron chi connectivity index (χ3n) is 3.42. The van der Waals surface area contributed by atoms with Crippen molar-refractivity contribution in [3.63, 3.8) is 0 Å². The summed E-state index contributed by atoms with van der Waals surface area (Å²) < 4.78 is 5.39. The van der Waals surface area contributed by atoms with E-state index in [0.29, 0.717) is 5.92 Å². The van der Waals surface area contributed by atoms with Gasteiger partial charge in [-0.05, 0) is 48.6 Å². The third kappa shape index (κ3) is 2.11. The van der Waals surface area contributed by atoms with Gasteiger partial charge >= 0.3 is 0 Å². The molecule has 1 aromatic heterocycles. The van der Waals surface area contributed by atoms with Crippen molar-refractivity contribution >= 4 is 16.6 Å². The highest BCUT2D eigenvalue weighted by Gasteiger charge is 2.16. The van der Waals surface area contributed by atoms with Crippen LogP contribution in [0.3, 0.4) is 0 Å². The fourth-order valence-electron chi connectivity index (χ4n) is 2.42. The summed E-state index contributed by atoms with van der Waals surface area (Å²) in [7, 11) is 0. The SMILES string of the molecule is Nc1ccc2ncc(C3CCOCC3)cc2c1. The molecular formula is C14H16N2O. The zero-order valence-corrected chi connectivity index (χ0v) is 9.73. The highest BCUT2D eigenvalue weighted by Crippen LogP contribution is 2.28. The second kappa shape index (κ2) is 4.34. The van der Waals surface area contributed by atoms with E-state index in [4.69, 9.17) is 10.5 Å². The Morgan fingerprint density at radius 1 is 1.18 bits per heavy atom. The van der Waals surface area contributed by atoms with Crippen molar-refractivity contribution < 1.29 is 4.74 Å². The minimum atomic E-state index is 0.585. The quantitative estimate of drug-likeness (QED) is 0.763. The Hall–Kier alpha value is -1.61. The van der Waals surface area contributed by atoms with Gasteiger partial charge in [-0.15, -0.1) is 0 Å². The molecule has 17 heavy (non-hydrogen) atoms. The van der Waals surface area contributed by atoms with Crippen molar-refractivity contribution in [3.8, 4) is 0 Å². The molecule has 0 saturated carbocycles. The molecule has 2 heterocycles. The predicted molar refractivity (Wildman–Crippen MR) is 68.9 cm³/mol. The fourth-order valence-corrected chi connectivity index (χ4v) is 2.42. The number of fused-ring (bicyclic) bond motifs is 1. The van der Waals surface area contributed by atoms with E-state index in [0.717, 1.165) is 42.6 Å². The summed E-state index contributed by atoms with van der Waals surface area (Å²) in [6.07, 6.45) is 4.18. The van der Waals surface area contributed by atoms with E-state index in [-0.39, 0.29) is 0 Å². The van der Waals surface area contributed by atoms with Gasteiger partial charge in [-0.2, -0.15) is 0 Å². The minimum Gasteiger partial charge on any atom is -0.399 e. The molecule has 3 nitrogen and oxygen atoms in total. The van der Waals surface area contributed by atoms with Crippen LogP contribution in [-0.4, -0.2) is 18.2 Å². The number of hydrogen-bond donors (Lipinski definition) is 1. The topological polar surface area (TPSA) is 48.1 Å². The van der Waals surface area contributed by atoms with Gasteiger partial charge in [-0.3, -0.25) is 4.98 Å². The van der Waals surface area contributed by atoms with Crippen LogP contribution in [-0.2, 0) is 4.74 Å². The summed E-state index contributed by atoms with van der Waals surface area (Å²) in [6.45, 7) is 1.72. The zero-order chi connectivity index (χ0) is 11.7. The standard InChI is InChI=1S/C14H16N2O/c15-13-1-2-14-11(8-13)7-12(9-16-14)10-3-5-17-6-4-10/h1-2,7-10H,3-6,15H2. The van der Waals surface area contributed by atoms with Crippen molar-refractivity contribution in [2.45, 2.75) is 18.8 Å². The van der Waals surface area contributed by atoms with Gasteiger partial charge in [-0.1, -0.05) is 0 Å². The Morgan fingerprint density at radius 3 is 2.82 bits per heavy atom. The molecule has 1 aromatic carbocycles. The summed E-state index contributed by atoms with van der Waals surface area (Å²) in [5, 5.41) is 1.13. The molecule has 2 aromatic rings. The first-order chi connectivity index (χ1) is 8.33. The first kappa shape index (κ1) is 10.5. The van der Waals surface area contributed by atoms with Gasteiger partial charge in [0.15, 0.2) is 0 Å². The van der Waals surface area contributed by atoms with Crippen LogP contribution in [0.4, 0.5) is 5.69 Å². The van der Waals surface area contributed by atoms with Gasteiger partial charge in [0.25, 0.3) is 0 Å². The molecule has 3 heteroatoms. The number of rotatable bonds is 1. The zero-order valence-electron chi connectivity index (χ0n) is 9.73. The van der Waals surface area contributed by atoms with E-state index in [1.54, 1.807) is 0 Å². The number of nitrogens with two attached hydrogens (primary N) is 1. The van der Waals surface area contributed by atoms with E-state index in [2.05, 4.69) is 11.1 Å². The molecule has 0 bridgehead atoms. The van der Waals surface area contributed by atoms with Crippen molar-refractivity contribution in [1.29, 1.82) is 0 Å². The Balaban J connectivity index is 1.99. The lowest BCUT2D eigenvalue weighted by atomic mass is 9.92. The maximum atomic E-state index is 5.80. The second-order valence-electron chi connectivity index (χ2n) is 4.61. The minimum absolute atomic E-state index is 0.585. The molecule has 88 valence electrons. The summed E-state index contributed by atoms with van der Waals surface area (Å²) >= 11 is 0. The van der Waals surface area contributed by atoms with E-state index >= 15 is 0 Å². The lowest BCUT2D eigenvalue weighted by Gasteiger charge is -2.22. The molecule has 0 atom stereocenters. The molecule has 0 unspecified atom stereocenters. The van der Waals surface area contributed by atoms with Crippen LogP contribution in [0.15, 0.2) is 30.5 Å². The monoisotopic (exact) mass is 228 g/mol. The molecule has 1 aliphatic rings. The summed E-state index contributed by atoms with van der Waals surface area (Å²) in [4.78, 5) is 4.50. The van der Waals surface area contributed by atoms with Gasteiger partial charge < -0.3 is 10.5 Å². The molecule has 0 radical (unpaired) electrons. The fraction of sp³-hybridized carbons (Fsp3) is 0.357. The maximum absolute atomic E-state index is 5.80. The number of anilines is 1. The number of hydrogen-bond acceptors (Lipinski definition) is 3. The first-order valence-electron chi connectivity index (χ1n) is 6.06. The van der Waals surface area contributed by atoms with Crippen LogP contribution in [0.25, 0.3) is 10.9 Å². The molecule has 0 spiro atoms. The van der Waals surface area contributed by atoms with Crippen LogP contribution in [0.1, 0.15) is 24.3 Å². The Kier molecular flexibility index (Phi) is 2.69. The van der Waals surface area contributed by atoms with E-state index in [9.17, 15) is 0 Å². The average molecular weight is 228 g/mol. The van der Waals surface area contributed by atoms with Crippen molar-refractivity contribution in [2.75, 3.05) is 18.9 Å². The molecule has 0 aliphatic carbocycles. The molecule has 2 N–H and O–H groups in total. The number of benzene rings is 1. The van der Waals surface area contributed by atoms with Gasteiger partial charge in [-0.25, -0.2) is 0 Å². The second-order valence-corrected chi connectivity index (χ2v) is 4.61. The molecular weight excluding hydrogens is 212 g/mol. The summed E-state index contributed by atoms with van der Waals surface area (Å²) in [5.41, 5.74) is 8.92.